The van der Waals surface area contributed by atoms with E-state index in [1.807, 2.05) is 24.3 Å². The van der Waals surface area contributed by atoms with Gasteiger partial charge in [0.15, 0.2) is 9.84 Å². The molecule has 24 heavy (non-hydrogen) atoms. The molecule has 0 saturated heterocycles. The third-order valence-corrected chi connectivity index (χ3v) is 5.44. The first-order valence-corrected chi connectivity index (χ1v) is 9.18. The van der Waals surface area contributed by atoms with Crippen molar-refractivity contribution in [2.24, 2.45) is 0 Å². The van der Waals surface area contributed by atoms with Gasteiger partial charge in [-0.15, -0.1) is 0 Å². The van der Waals surface area contributed by atoms with E-state index in [2.05, 4.69) is 4.98 Å². The molecule has 1 heterocycles. The Labute approximate surface area is 140 Å². The lowest BCUT2D eigenvalue weighted by Gasteiger charge is -2.27. The van der Waals surface area contributed by atoms with E-state index in [4.69, 9.17) is 4.74 Å². The fourth-order valence-electron chi connectivity index (χ4n) is 2.43. The topological polar surface area (TPSA) is 96.8 Å². The van der Waals surface area contributed by atoms with Crippen LogP contribution < -0.4 is 0 Å². The maximum Gasteiger partial charge on any atom is 0.233 e. The molecule has 0 spiro atoms. The van der Waals surface area contributed by atoms with Crippen LogP contribution in [-0.2, 0) is 25.1 Å². The maximum atomic E-state index is 12.5. The zero-order valence-electron chi connectivity index (χ0n) is 13.5. The van der Waals surface area contributed by atoms with Crippen LogP contribution in [0.4, 0.5) is 0 Å². The first-order chi connectivity index (χ1) is 11.4. The van der Waals surface area contributed by atoms with Crippen molar-refractivity contribution in [1.29, 1.82) is 0 Å². The maximum absolute atomic E-state index is 12.5. The molecule has 7 nitrogen and oxygen atoms in total. The fourth-order valence-corrected chi connectivity index (χ4v) is 4.16. The van der Waals surface area contributed by atoms with Gasteiger partial charge in [-0.05, 0) is 24.6 Å². The van der Waals surface area contributed by atoms with Gasteiger partial charge in [0.25, 0.3) is 0 Å². The van der Waals surface area contributed by atoms with Crippen LogP contribution in [0.15, 0.2) is 36.5 Å². The fraction of sp³-hybridized carbons (Fsp3) is 0.375. The molecule has 0 unspecified atom stereocenters. The van der Waals surface area contributed by atoms with Gasteiger partial charge in [0.2, 0.25) is 6.41 Å². The lowest BCUT2D eigenvalue weighted by molar-refractivity contribution is -0.168. The highest BCUT2D eigenvalue weighted by molar-refractivity contribution is 7.90. The molecule has 1 aromatic carbocycles. The SMILES string of the molecule is CO[C@H](C)[C@@H](CS(=O)(=O)Cc1cnc2ccccc2c1)N(O)C=O. The number of benzene rings is 1. The molecule has 0 saturated carbocycles. The number of methoxy groups -OCH3 is 1. The molecule has 8 heteroatoms. The molecule has 2 aromatic rings. The Bertz CT molecular complexity index is 809. The van der Waals surface area contributed by atoms with Gasteiger partial charge in [0, 0.05) is 18.7 Å². The van der Waals surface area contributed by atoms with Crippen LogP contribution in [0.3, 0.4) is 0 Å². The number of aromatic nitrogens is 1. The molecular weight excluding hydrogens is 332 g/mol. The van der Waals surface area contributed by atoms with Crippen LogP contribution in [0.2, 0.25) is 0 Å². The smallest absolute Gasteiger partial charge is 0.233 e. The highest BCUT2D eigenvalue weighted by Crippen LogP contribution is 2.16. The van der Waals surface area contributed by atoms with Crippen LogP contribution in [-0.4, -0.2) is 55.1 Å². The van der Waals surface area contributed by atoms with Gasteiger partial charge < -0.3 is 4.74 Å². The van der Waals surface area contributed by atoms with Gasteiger partial charge >= 0.3 is 0 Å². The van der Waals surface area contributed by atoms with E-state index in [1.54, 1.807) is 13.0 Å². The van der Waals surface area contributed by atoms with Gasteiger partial charge in [-0.1, -0.05) is 18.2 Å². The zero-order chi connectivity index (χ0) is 17.7. The van der Waals surface area contributed by atoms with Crippen LogP contribution in [0.5, 0.6) is 0 Å². The van der Waals surface area contributed by atoms with E-state index in [9.17, 15) is 18.4 Å². The van der Waals surface area contributed by atoms with E-state index in [0.29, 0.717) is 10.6 Å². The van der Waals surface area contributed by atoms with E-state index < -0.39 is 27.7 Å². The Hall–Kier alpha value is -2.03. The summed E-state index contributed by atoms with van der Waals surface area (Å²) in [6.45, 7) is 1.59. The Balaban J connectivity index is 2.20. The minimum Gasteiger partial charge on any atom is -0.379 e. The predicted molar refractivity (Wildman–Crippen MR) is 89.2 cm³/mol. The van der Waals surface area contributed by atoms with Gasteiger partial charge in [-0.2, -0.15) is 0 Å². The van der Waals surface area contributed by atoms with Crippen molar-refractivity contribution >= 4 is 27.2 Å². The van der Waals surface area contributed by atoms with Gasteiger partial charge in [0.1, 0.15) is 0 Å². The average Bonchev–Trinajstić information content (AvgIpc) is 2.58. The lowest BCUT2D eigenvalue weighted by Crippen LogP contribution is -2.45. The highest BCUT2D eigenvalue weighted by atomic mass is 32.2. The van der Waals surface area contributed by atoms with Gasteiger partial charge in [-0.25, -0.2) is 13.5 Å². The van der Waals surface area contributed by atoms with Crippen molar-refractivity contribution in [1.82, 2.24) is 10.0 Å². The molecule has 1 amide bonds. The average molecular weight is 352 g/mol. The predicted octanol–water partition coefficient (Wildman–Crippen LogP) is 1.40. The number of hydrogen-bond acceptors (Lipinski definition) is 6. The molecule has 0 radical (unpaired) electrons. The number of hydroxylamine groups is 2. The number of rotatable bonds is 8. The minimum absolute atomic E-state index is 0.174. The monoisotopic (exact) mass is 352 g/mol. The number of pyridine rings is 1. The van der Waals surface area contributed by atoms with Crippen LogP contribution in [0.25, 0.3) is 10.9 Å². The Morgan fingerprint density at radius 3 is 2.75 bits per heavy atom. The molecule has 0 aliphatic rings. The second kappa shape index (κ2) is 7.69. The largest absolute Gasteiger partial charge is 0.379 e. The molecule has 2 rings (SSSR count). The third kappa shape index (κ3) is 4.50. The first kappa shape index (κ1) is 18.3. The lowest BCUT2D eigenvalue weighted by atomic mass is 10.2. The normalized spacial score (nSPS) is 14.3. The first-order valence-electron chi connectivity index (χ1n) is 7.35. The van der Waals surface area contributed by atoms with Crippen LogP contribution in [0, 0.1) is 0 Å². The summed E-state index contributed by atoms with van der Waals surface area (Å²) in [7, 11) is -2.21. The van der Waals surface area contributed by atoms with E-state index in [0.717, 1.165) is 10.9 Å². The van der Waals surface area contributed by atoms with E-state index in [1.165, 1.54) is 13.3 Å². The summed E-state index contributed by atoms with van der Waals surface area (Å²) in [5.74, 6) is -0.644. The quantitative estimate of drug-likeness (QED) is 0.438. The van der Waals surface area contributed by atoms with Crippen molar-refractivity contribution in [3.63, 3.8) is 0 Å². The number of para-hydroxylation sites is 1. The molecule has 1 aromatic heterocycles. The van der Waals surface area contributed by atoms with Crippen LogP contribution >= 0.6 is 0 Å². The number of ether oxygens (including phenoxy) is 1. The standard InChI is InChI=1S/C16H20N2O5S/c1-12(23-2)16(18(20)11-19)10-24(21,22)9-13-7-14-5-3-4-6-15(14)17-8-13/h3-8,11-12,16,20H,9-10H2,1-2H3/t12-,16-/m1/s1. The van der Waals surface area contributed by atoms with Gasteiger partial charge in [0.05, 0.1) is 29.2 Å². The number of sulfone groups is 1. The number of nitrogens with zero attached hydrogens (tertiary/aromatic N) is 2. The summed E-state index contributed by atoms with van der Waals surface area (Å²) in [6, 6.07) is 8.20. The van der Waals surface area contributed by atoms with Crippen molar-refractivity contribution in [3.8, 4) is 0 Å². The Morgan fingerprint density at radius 1 is 1.38 bits per heavy atom. The summed E-state index contributed by atoms with van der Waals surface area (Å²) in [4.78, 5) is 15.0. The van der Waals surface area contributed by atoms with Crippen molar-refractivity contribution in [2.75, 3.05) is 12.9 Å². The summed E-state index contributed by atoms with van der Waals surface area (Å²) in [6.07, 6.45) is 1.06. The second-order valence-corrected chi connectivity index (χ2v) is 7.69. The number of carbonyl (C=O) groups is 1. The number of amides is 1. The molecule has 0 bridgehead atoms. The van der Waals surface area contributed by atoms with Crippen molar-refractivity contribution < 1.29 is 23.2 Å². The number of hydrogen-bond donors (Lipinski definition) is 1. The molecule has 0 aliphatic carbocycles. The van der Waals surface area contributed by atoms with E-state index in [-0.39, 0.29) is 12.2 Å². The van der Waals surface area contributed by atoms with Gasteiger partial charge in [-0.3, -0.25) is 15.0 Å². The third-order valence-electron chi connectivity index (χ3n) is 3.82. The molecule has 1 N–H and O–H groups in total. The van der Waals surface area contributed by atoms with Crippen LogP contribution in [0.1, 0.15) is 12.5 Å². The number of fused-ring (bicyclic) bond motifs is 1. The highest BCUT2D eigenvalue weighted by Gasteiger charge is 2.29. The minimum atomic E-state index is -3.59. The summed E-state index contributed by atoms with van der Waals surface area (Å²) in [5.41, 5.74) is 1.33. The van der Waals surface area contributed by atoms with Crippen molar-refractivity contribution in [3.05, 3.63) is 42.1 Å². The summed E-state index contributed by atoms with van der Waals surface area (Å²) < 4.78 is 30.0. The summed E-state index contributed by atoms with van der Waals surface area (Å²) >= 11 is 0. The molecular formula is C16H20N2O5S. The molecule has 0 aliphatic heterocycles. The summed E-state index contributed by atoms with van der Waals surface area (Å²) in [5, 5.41) is 10.8. The van der Waals surface area contributed by atoms with Crippen molar-refractivity contribution in [2.45, 2.75) is 24.8 Å². The molecule has 0 fully saturated rings. The zero-order valence-corrected chi connectivity index (χ0v) is 14.3. The Kier molecular flexibility index (Phi) is 5.87. The molecule has 2 atom stereocenters. The number of carbonyl (C=O) groups excluding carboxylic acids is 1. The molecule has 130 valence electrons. The van der Waals surface area contributed by atoms with E-state index >= 15 is 0 Å². The second-order valence-electron chi connectivity index (χ2n) is 5.58. The Morgan fingerprint density at radius 2 is 2.08 bits per heavy atom.